The molecule has 0 atom stereocenters. The van der Waals surface area contributed by atoms with Gasteiger partial charge in [-0.2, -0.15) is 5.10 Å². The summed E-state index contributed by atoms with van der Waals surface area (Å²) < 4.78 is 7.14. The summed E-state index contributed by atoms with van der Waals surface area (Å²) in [4.78, 5) is 17.2. The summed E-state index contributed by atoms with van der Waals surface area (Å²) in [5.74, 6) is 0.519. The normalized spacial score (nSPS) is 11.0. The molecule has 0 radical (unpaired) electrons. The molecule has 4 rings (SSSR count). The highest BCUT2D eigenvalue weighted by molar-refractivity contribution is 5.94. The van der Waals surface area contributed by atoms with Crippen LogP contribution in [0.25, 0.3) is 28.2 Å². The van der Waals surface area contributed by atoms with Gasteiger partial charge in [0.05, 0.1) is 18.5 Å². The van der Waals surface area contributed by atoms with Crippen LogP contribution in [0, 0.1) is 0 Å². The van der Waals surface area contributed by atoms with Crippen LogP contribution in [-0.2, 0) is 0 Å². The number of hydrogen-bond acceptors (Lipinski definition) is 4. The Morgan fingerprint density at radius 3 is 2.48 bits per heavy atom. The van der Waals surface area contributed by atoms with Gasteiger partial charge in [-0.25, -0.2) is 9.50 Å². The first-order valence-corrected chi connectivity index (χ1v) is 9.46. The highest BCUT2D eigenvalue weighted by Crippen LogP contribution is 2.27. The van der Waals surface area contributed by atoms with E-state index in [2.05, 4.69) is 10.3 Å². The van der Waals surface area contributed by atoms with E-state index in [4.69, 9.17) is 9.84 Å². The van der Waals surface area contributed by atoms with E-state index in [0.717, 1.165) is 28.3 Å². The number of methoxy groups -OCH3 is 1. The number of carbonyl (C=O) groups is 1. The van der Waals surface area contributed by atoms with Gasteiger partial charge in [0.1, 0.15) is 11.4 Å². The van der Waals surface area contributed by atoms with Crippen LogP contribution in [0.1, 0.15) is 24.3 Å². The third-order valence-corrected chi connectivity index (χ3v) is 4.51. The van der Waals surface area contributed by atoms with Crippen LogP contribution in [0.15, 0.2) is 66.7 Å². The van der Waals surface area contributed by atoms with Crippen LogP contribution in [0.3, 0.4) is 0 Å². The van der Waals surface area contributed by atoms with E-state index in [1.54, 1.807) is 17.7 Å². The number of ether oxygens (including phenoxy) is 1. The molecule has 0 bridgehead atoms. The monoisotopic (exact) mass is 386 g/mol. The molecule has 1 amide bonds. The van der Waals surface area contributed by atoms with Crippen LogP contribution in [-0.4, -0.2) is 33.7 Å². The first-order valence-electron chi connectivity index (χ1n) is 9.46. The number of aromatic nitrogens is 3. The summed E-state index contributed by atoms with van der Waals surface area (Å²) in [7, 11) is 1.63. The topological polar surface area (TPSA) is 68.5 Å². The number of nitrogens with zero attached hydrogens (tertiary/aromatic N) is 3. The Labute approximate surface area is 169 Å². The predicted octanol–water partition coefficient (Wildman–Crippen LogP) is 4.21. The molecule has 0 fully saturated rings. The molecule has 29 heavy (non-hydrogen) atoms. The van der Waals surface area contributed by atoms with Crippen molar-refractivity contribution in [3.8, 4) is 28.3 Å². The summed E-state index contributed by atoms with van der Waals surface area (Å²) in [5.41, 5.74) is 4.40. The Kier molecular flexibility index (Phi) is 4.99. The lowest BCUT2D eigenvalue weighted by Gasteiger charge is -2.11. The maximum atomic E-state index is 12.7. The van der Waals surface area contributed by atoms with Crippen molar-refractivity contribution in [3.05, 3.63) is 72.4 Å². The maximum Gasteiger partial charge on any atom is 0.270 e. The summed E-state index contributed by atoms with van der Waals surface area (Å²) in [6.07, 6.45) is 0. The summed E-state index contributed by atoms with van der Waals surface area (Å²) in [6.45, 7) is 3.84. The van der Waals surface area contributed by atoms with Gasteiger partial charge in [-0.15, -0.1) is 0 Å². The largest absolute Gasteiger partial charge is 0.497 e. The molecule has 2 aromatic carbocycles. The molecule has 146 valence electrons. The Bertz CT molecular complexity index is 1170. The fraction of sp³-hybridized carbons (Fsp3) is 0.174. The van der Waals surface area contributed by atoms with E-state index in [-0.39, 0.29) is 11.9 Å². The van der Waals surface area contributed by atoms with Gasteiger partial charge in [-0.05, 0) is 32.0 Å². The summed E-state index contributed by atoms with van der Waals surface area (Å²) >= 11 is 0. The zero-order chi connectivity index (χ0) is 20.4. The lowest BCUT2D eigenvalue weighted by atomic mass is 10.1. The van der Waals surface area contributed by atoms with Gasteiger partial charge in [-0.3, -0.25) is 4.79 Å². The number of nitrogens with one attached hydrogen (secondary N) is 1. The van der Waals surface area contributed by atoms with Crippen molar-refractivity contribution in [2.45, 2.75) is 19.9 Å². The Hall–Kier alpha value is -3.67. The van der Waals surface area contributed by atoms with Gasteiger partial charge in [0.2, 0.25) is 0 Å². The van der Waals surface area contributed by atoms with E-state index in [9.17, 15) is 4.79 Å². The standard InChI is InChI=1S/C23H22N4O2/c1-15(2)24-23(28)20-13-21(17-10-7-11-18(12-17)29-3)27-22(25-20)14-19(26-27)16-8-5-4-6-9-16/h4-15H,1-3H3,(H,24,28). The molecule has 1 N–H and O–H groups in total. The van der Waals surface area contributed by atoms with E-state index < -0.39 is 0 Å². The second-order valence-electron chi connectivity index (χ2n) is 7.05. The number of amides is 1. The average Bonchev–Trinajstić information content (AvgIpc) is 3.17. The molecule has 2 aromatic heterocycles. The van der Waals surface area contributed by atoms with Gasteiger partial charge in [-0.1, -0.05) is 42.5 Å². The number of benzene rings is 2. The lowest BCUT2D eigenvalue weighted by Crippen LogP contribution is -2.31. The van der Waals surface area contributed by atoms with E-state index in [1.165, 1.54) is 0 Å². The van der Waals surface area contributed by atoms with Crippen molar-refractivity contribution in [2.75, 3.05) is 7.11 Å². The molecule has 2 heterocycles. The Morgan fingerprint density at radius 2 is 1.76 bits per heavy atom. The van der Waals surface area contributed by atoms with Crippen LogP contribution in [0.5, 0.6) is 5.75 Å². The SMILES string of the molecule is COc1cccc(-c2cc(C(=O)NC(C)C)nc3cc(-c4ccccc4)nn23)c1. The highest BCUT2D eigenvalue weighted by atomic mass is 16.5. The van der Waals surface area contributed by atoms with Crippen molar-refractivity contribution in [2.24, 2.45) is 0 Å². The molecule has 6 heteroatoms. The van der Waals surface area contributed by atoms with Gasteiger partial charge in [0.15, 0.2) is 5.65 Å². The first-order chi connectivity index (χ1) is 14.0. The zero-order valence-electron chi connectivity index (χ0n) is 16.6. The molecule has 0 aliphatic heterocycles. The smallest absolute Gasteiger partial charge is 0.270 e. The van der Waals surface area contributed by atoms with E-state index >= 15 is 0 Å². The number of carbonyl (C=O) groups excluding carboxylic acids is 1. The molecule has 6 nitrogen and oxygen atoms in total. The van der Waals surface area contributed by atoms with Crippen LogP contribution in [0.4, 0.5) is 0 Å². The molecule has 0 saturated carbocycles. The van der Waals surface area contributed by atoms with E-state index in [0.29, 0.717) is 11.3 Å². The van der Waals surface area contributed by atoms with Crippen molar-refractivity contribution in [3.63, 3.8) is 0 Å². The van der Waals surface area contributed by atoms with Crippen molar-refractivity contribution in [1.82, 2.24) is 19.9 Å². The quantitative estimate of drug-likeness (QED) is 0.558. The molecule has 4 aromatic rings. The second-order valence-corrected chi connectivity index (χ2v) is 7.05. The number of rotatable bonds is 5. The van der Waals surface area contributed by atoms with E-state index in [1.807, 2.05) is 74.5 Å². The number of fused-ring (bicyclic) bond motifs is 1. The third-order valence-electron chi connectivity index (χ3n) is 4.51. The second kappa shape index (κ2) is 7.75. The maximum absolute atomic E-state index is 12.7. The Morgan fingerprint density at radius 1 is 1.00 bits per heavy atom. The number of hydrogen-bond donors (Lipinski definition) is 1. The molecule has 0 spiro atoms. The highest BCUT2D eigenvalue weighted by Gasteiger charge is 2.17. The first kappa shape index (κ1) is 18.7. The Balaban J connectivity index is 1.92. The van der Waals surface area contributed by atoms with Gasteiger partial charge in [0.25, 0.3) is 5.91 Å². The fourth-order valence-electron chi connectivity index (χ4n) is 3.16. The van der Waals surface area contributed by atoms with Crippen molar-refractivity contribution in [1.29, 1.82) is 0 Å². The predicted molar refractivity (Wildman–Crippen MR) is 113 cm³/mol. The molecule has 0 unspecified atom stereocenters. The van der Waals surface area contributed by atoms with Crippen molar-refractivity contribution < 1.29 is 9.53 Å². The summed E-state index contributed by atoms with van der Waals surface area (Å²) in [6, 6.07) is 21.3. The van der Waals surface area contributed by atoms with Crippen LogP contribution in [0.2, 0.25) is 0 Å². The fourth-order valence-corrected chi connectivity index (χ4v) is 3.16. The summed E-state index contributed by atoms with van der Waals surface area (Å²) in [5, 5.41) is 7.67. The lowest BCUT2D eigenvalue weighted by molar-refractivity contribution is 0.0938. The molecular formula is C23H22N4O2. The third kappa shape index (κ3) is 3.82. The van der Waals surface area contributed by atoms with Crippen LogP contribution >= 0.6 is 0 Å². The molecule has 0 aliphatic rings. The van der Waals surface area contributed by atoms with Crippen LogP contribution < -0.4 is 10.1 Å². The van der Waals surface area contributed by atoms with Gasteiger partial charge < -0.3 is 10.1 Å². The molecule has 0 aliphatic carbocycles. The van der Waals surface area contributed by atoms with Gasteiger partial charge >= 0.3 is 0 Å². The zero-order valence-corrected chi connectivity index (χ0v) is 16.6. The van der Waals surface area contributed by atoms with Gasteiger partial charge in [0, 0.05) is 23.2 Å². The molecular weight excluding hydrogens is 364 g/mol. The minimum absolute atomic E-state index is 0.0191. The minimum atomic E-state index is -0.214. The van der Waals surface area contributed by atoms with Crippen molar-refractivity contribution >= 4 is 11.6 Å². The average molecular weight is 386 g/mol. The minimum Gasteiger partial charge on any atom is -0.497 e. The molecule has 0 saturated heterocycles.